The number of rotatable bonds is 2. The number of halogens is 1. The number of imide groups is 1. The van der Waals surface area contributed by atoms with Crippen LogP contribution in [0.4, 0.5) is 15.8 Å². The zero-order valence-corrected chi connectivity index (χ0v) is 11.6. The predicted molar refractivity (Wildman–Crippen MR) is 73.4 cm³/mol. The van der Waals surface area contributed by atoms with Gasteiger partial charge in [0, 0.05) is 6.07 Å². The number of carbonyl (C=O) groups is 2. The lowest BCUT2D eigenvalue weighted by molar-refractivity contribution is -0.387. The minimum atomic E-state index is -0.979. The summed E-state index contributed by atoms with van der Waals surface area (Å²) in [5, 5.41) is 10.8. The van der Waals surface area contributed by atoms with Gasteiger partial charge in [0.25, 0.3) is 0 Å². The SMILES string of the molecule is O=C1C2C3CCC(C3)C2C(=O)N1c1ccc(F)c([N+](=O)[O-])c1. The van der Waals surface area contributed by atoms with Gasteiger partial charge in [-0.1, -0.05) is 0 Å². The van der Waals surface area contributed by atoms with Crippen LogP contribution >= 0.6 is 0 Å². The maximum Gasteiger partial charge on any atom is 0.306 e. The molecular formula is C15H13FN2O4. The second-order valence-corrected chi connectivity index (χ2v) is 6.29. The standard InChI is InChI=1S/C15H13FN2O4/c16-10-4-3-9(6-11(10)18(21)22)17-14(19)12-7-1-2-8(5-7)13(12)15(17)20/h3-4,6-8,12-13H,1-2,5H2. The smallest absolute Gasteiger partial charge is 0.274 e. The minimum absolute atomic E-state index is 0.0944. The largest absolute Gasteiger partial charge is 0.306 e. The van der Waals surface area contributed by atoms with Gasteiger partial charge in [0.05, 0.1) is 22.4 Å². The van der Waals surface area contributed by atoms with Crippen molar-refractivity contribution >= 4 is 23.2 Å². The van der Waals surface area contributed by atoms with Crippen molar-refractivity contribution < 1.29 is 18.9 Å². The van der Waals surface area contributed by atoms with Crippen LogP contribution in [0.25, 0.3) is 0 Å². The van der Waals surface area contributed by atoms with Crippen LogP contribution in [0.1, 0.15) is 19.3 Å². The summed E-state index contributed by atoms with van der Waals surface area (Å²) < 4.78 is 13.4. The topological polar surface area (TPSA) is 80.5 Å². The van der Waals surface area contributed by atoms with Crippen molar-refractivity contribution in [3.63, 3.8) is 0 Å². The van der Waals surface area contributed by atoms with E-state index in [1.165, 1.54) is 6.07 Å². The summed E-state index contributed by atoms with van der Waals surface area (Å²) in [5.41, 5.74) is -0.630. The van der Waals surface area contributed by atoms with Gasteiger partial charge in [-0.3, -0.25) is 19.7 Å². The molecule has 0 aromatic heterocycles. The highest BCUT2D eigenvalue weighted by Gasteiger charge is 2.61. The average Bonchev–Trinajstić information content (AvgIpc) is 3.14. The molecule has 4 rings (SSSR count). The molecule has 0 N–H and O–H groups in total. The average molecular weight is 304 g/mol. The van der Waals surface area contributed by atoms with Gasteiger partial charge in [-0.05, 0) is 43.2 Å². The summed E-state index contributed by atoms with van der Waals surface area (Å²) in [6, 6.07) is 3.14. The highest BCUT2D eigenvalue weighted by Crippen LogP contribution is 2.56. The van der Waals surface area contributed by atoms with Crippen LogP contribution in [0.3, 0.4) is 0 Å². The van der Waals surface area contributed by atoms with Crippen molar-refractivity contribution in [3.05, 3.63) is 34.1 Å². The molecule has 1 saturated heterocycles. The van der Waals surface area contributed by atoms with Crippen molar-refractivity contribution in [1.29, 1.82) is 0 Å². The lowest BCUT2D eigenvalue weighted by Gasteiger charge is -2.19. The van der Waals surface area contributed by atoms with E-state index in [4.69, 9.17) is 0 Å². The number of hydrogen-bond donors (Lipinski definition) is 0. The van der Waals surface area contributed by atoms with E-state index < -0.39 is 16.4 Å². The summed E-state index contributed by atoms with van der Waals surface area (Å²) in [6.07, 6.45) is 2.84. The van der Waals surface area contributed by atoms with Crippen LogP contribution in [-0.4, -0.2) is 16.7 Å². The fraction of sp³-hybridized carbons (Fsp3) is 0.467. The first-order valence-corrected chi connectivity index (χ1v) is 7.31. The molecule has 2 saturated carbocycles. The van der Waals surface area contributed by atoms with E-state index in [0.717, 1.165) is 36.3 Å². The third kappa shape index (κ3) is 1.59. The molecule has 4 unspecified atom stereocenters. The van der Waals surface area contributed by atoms with Gasteiger partial charge >= 0.3 is 5.69 Å². The Morgan fingerprint density at radius 1 is 1.14 bits per heavy atom. The van der Waals surface area contributed by atoms with Crippen molar-refractivity contribution in [1.82, 2.24) is 0 Å². The molecule has 1 aromatic carbocycles. The van der Waals surface area contributed by atoms with E-state index in [1.807, 2.05) is 0 Å². The van der Waals surface area contributed by atoms with E-state index in [9.17, 15) is 24.1 Å². The Hall–Kier alpha value is -2.31. The third-order valence-electron chi connectivity index (χ3n) is 5.31. The minimum Gasteiger partial charge on any atom is -0.274 e. The first-order chi connectivity index (χ1) is 10.5. The van der Waals surface area contributed by atoms with Crippen molar-refractivity contribution in [2.24, 2.45) is 23.7 Å². The van der Waals surface area contributed by atoms with Crippen LogP contribution in [0.5, 0.6) is 0 Å². The summed E-state index contributed by atoms with van der Waals surface area (Å²) in [7, 11) is 0. The van der Waals surface area contributed by atoms with Crippen LogP contribution in [0.2, 0.25) is 0 Å². The second-order valence-electron chi connectivity index (χ2n) is 6.29. The second kappa shape index (κ2) is 4.34. The van der Waals surface area contributed by atoms with E-state index in [0.29, 0.717) is 0 Å². The summed E-state index contributed by atoms with van der Waals surface area (Å²) >= 11 is 0. The monoisotopic (exact) mass is 304 g/mol. The Labute approximate surface area is 125 Å². The van der Waals surface area contributed by atoms with Gasteiger partial charge in [-0.2, -0.15) is 4.39 Å². The van der Waals surface area contributed by atoms with E-state index in [-0.39, 0.29) is 41.2 Å². The number of nitro groups is 1. The number of nitrogens with zero attached hydrogens (tertiary/aromatic N) is 2. The molecule has 1 aliphatic heterocycles. The highest BCUT2D eigenvalue weighted by molar-refractivity contribution is 6.22. The maximum absolute atomic E-state index is 13.4. The predicted octanol–water partition coefficient (Wildman–Crippen LogP) is 2.27. The molecule has 2 bridgehead atoms. The molecular weight excluding hydrogens is 291 g/mol. The highest BCUT2D eigenvalue weighted by atomic mass is 19.1. The normalized spacial score (nSPS) is 32.7. The lowest BCUT2D eigenvalue weighted by Crippen LogP contribution is -2.32. The Balaban J connectivity index is 1.75. The van der Waals surface area contributed by atoms with Crippen LogP contribution < -0.4 is 4.90 Å². The fourth-order valence-corrected chi connectivity index (χ4v) is 4.44. The summed E-state index contributed by atoms with van der Waals surface area (Å²) in [6.45, 7) is 0. The van der Waals surface area contributed by atoms with Crippen molar-refractivity contribution in [3.8, 4) is 0 Å². The van der Waals surface area contributed by atoms with Gasteiger partial charge in [-0.25, -0.2) is 4.90 Å². The Kier molecular flexibility index (Phi) is 2.64. The molecule has 3 aliphatic rings. The molecule has 2 aliphatic carbocycles. The third-order valence-corrected chi connectivity index (χ3v) is 5.31. The van der Waals surface area contributed by atoms with Crippen molar-refractivity contribution in [2.45, 2.75) is 19.3 Å². The van der Waals surface area contributed by atoms with E-state index in [1.54, 1.807) is 0 Å². The van der Waals surface area contributed by atoms with Crippen molar-refractivity contribution in [2.75, 3.05) is 4.90 Å². The molecule has 4 atom stereocenters. The number of hydrogen-bond acceptors (Lipinski definition) is 4. The van der Waals surface area contributed by atoms with Gasteiger partial charge in [-0.15, -0.1) is 0 Å². The number of fused-ring (bicyclic) bond motifs is 5. The Morgan fingerprint density at radius 2 is 1.73 bits per heavy atom. The molecule has 6 nitrogen and oxygen atoms in total. The summed E-state index contributed by atoms with van der Waals surface area (Å²) in [5.74, 6) is -1.66. The quantitative estimate of drug-likeness (QED) is 0.477. The molecule has 1 aromatic rings. The zero-order valence-electron chi connectivity index (χ0n) is 11.6. The van der Waals surface area contributed by atoms with Crippen LogP contribution in [0, 0.1) is 39.6 Å². The van der Waals surface area contributed by atoms with E-state index in [2.05, 4.69) is 0 Å². The molecule has 3 fully saturated rings. The molecule has 0 spiro atoms. The first kappa shape index (κ1) is 13.4. The Bertz CT molecular complexity index is 691. The fourth-order valence-electron chi connectivity index (χ4n) is 4.44. The number of anilines is 1. The van der Waals surface area contributed by atoms with Gasteiger partial charge in [0.2, 0.25) is 17.6 Å². The number of benzene rings is 1. The molecule has 1 heterocycles. The van der Waals surface area contributed by atoms with Crippen LogP contribution in [0.15, 0.2) is 18.2 Å². The lowest BCUT2D eigenvalue weighted by atomic mass is 9.81. The molecule has 114 valence electrons. The van der Waals surface area contributed by atoms with Crippen LogP contribution in [-0.2, 0) is 9.59 Å². The maximum atomic E-state index is 13.4. The van der Waals surface area contributed by atoms with Gasteiger partial charge in [0.15, 0.2) is 0 Å². The first-order valence-electron chi connectivity index (χ1n) is 7.31. The van der Waals surface area contributed by atoms with Gasteiger partial charge < -0.3 is 0 Å². The number of amides is 2. The molecule has 22 heavy (non-hydrogen) atoms. The molecule has 0 radical (unpaired) electrons. The Morgan fingerprint density at radius 3 is 2.27 bits per heavy atom. The zero-order chi connectivity index (χ0) is 15.6. The molecule has 2 amide bonds. The van der Waals surface area contributed by atoms with Gasteiger partial charge in [0.1, 0.15) is 0 Å². The molecule has 7 heteroatoms. The summed E-state index contributed by atoms with van der Waals surface area (Å²) in [4.78, 5) is 36.2. The number of carbonyl (C=O) groups excluding carboxylic acids is 2. The van der Waals surface area contributed by atoms with E-state index >= 15 is 0 Å². The number of nitro benzene ring substituents is 1.